The number of hydrogen-bond donors (Lipinski definition) is 1. The van der Waals surface area contributed by atoms with E-state index < -0.39 is 0 Å². The fraction of sp³-hybridized carbons (Fsp3) is 0.269. The van der Waals surface area contributed by atoms with Crippen molar-refractivity contribution in [1.82, 2.24) is 14.9 Å². The summed E-state index contributed by atoms with van der Waals surface area (Å²) < 4.78 is 5.46. The topological polar surface area (TPSA) is 92.0 Å². The zero-order valence-corrected chi connectivity index (χ0v) is 20.6. The summed E-state index contributed by atoms with van der Waals surface area (Å²) in [5.74, 6) is 0.553. The lowest BCUT2D eigenvalue weighted by Crippen LogP contribution is -2.24. The molecule has 10 heteroatoms. The highest BCUT2D eigenvalue weighted by Crippen LogP contribution is 2.38. The van der Waals surface area contributed by atoms with E-state index in [1.54, 1.807) is 35.0 Å². The van der Waals surface area contributed by atoms with Crippen molar-refractivity contribution >= 4 is 46.3 Å². The second kappa shape index (κ2) is 9.47. The van der Waals surface area contributed by atoms with Crippen molar-refractivity contribution < 1.29 is 14.3 Å². The van der Waals surface area contributed by atoms with E-state index in [1.165, 1.54) is 7.11 Å². The van der Waals surface area contributed by atoms with Gasteiger partial charge in [0, 0.05) is 20.0 Å². The van der Waals surface area contributed by atoms with Gasteiger partial charge in [0.05, 0.1) is 59.1 Å². The van der Waals surface area contributed by atoms with Gasteiger partial charge in [-0.25, -0.2) is 0 Å². The standard InChI is InChI=1S/C26H23ClN6O3/c1-28-25-21(33-11-5-8-22(33)34)10-9-15(30-25)12-16-13-19(23-20(29-16)14-32(2)26(23)35)31-18-7-4-6-17(27)24(18)36-3/h4,6-7,9-10,13H,5,8,11-12,14H2,2-3H3,(H,29,31). The first-order valence-corrected chi connectivity index (χ1v) is 11.8. The molecule has 1 fully saturated rings. The largest absolute Gasteiger partial charge is 0.493 e. The number of anilines is 3. The number of para-hydroxylation sites is 1. The van der Waals surface area contributed by atoms with Gasteiger partial charge in [-0.1, -0.05) is 24.2 Å². The molecular weight excluding hydrogens is 480 g/mol. The average molecular weight is 503 g/mol. The molecule has 9 nitrogen and oxygen atoms in total. The molecule has 0 saturated carbocycles. The number of carbonyl (C=O) groups excluding carboxylic acids is 2. The minimum Gasteiger partial charge on any atom is -0.493 e. The van der Waals surface area contributed by atoms with Crippen molar-refractivity contribution in [3.05, 3.63) is 75.5 Å². The van der Waals surface area contributed by atoms with Gasteiger partial charge in [0.2, 0.25) is 5.91 Å². The van der Waals surface area contributed by atoms with E-state index in [-0.39, 0.29) is 17.6 Å². The molecule has 1 saturated heterocycles. The number of hydrogen-bond acceptors (Lipinski definition) is 6. The zero-order chi connectivity index (χ0) is 25.4. The van der Waals surface area contributed by atoms with Crippen LogP contribution in [-0.4, -0.2) is 47.4 Å². The summed E-state index contributed by atoms with van der Waals surface area (Å²) in [4.78, 5) is 41.1. The first-order valence-electron chi connectivity index (χ1n) is 11.4. The van der Waals surface area contributed by atoms with Gasteiger partial charge >= 0.3 is 0 Å². The maximum atomic E-state index is 12.9. The van der Waals surface area contributed by atoms with Gasteiger partial charge in [0.25, 0.3) is 11.7 Å². The molecule has 5 rings (SSSR count). The fourth-order valence-corrected chi connectivity index (χ4v) is 4.86. The Morgan fingerprint density at radius 3 is 2.72 bits per heavy atom. The number of ether oxygens (including phenoxy) is 1. The van der Waals surface area contributed by atoms with E-state index in [0.29, 0.717) is 76.4 Å². The second-order valence-electron chi connectivity index (χ2n) is 8.67. The molecule has 2 aromatic heterocycles. The van der Waals surface area contributed by atoms with Crippen LogP contribution >= 0.6 is 11.6 Å². The Labute approximate surface area is 213 Å². The third-order valence-electron chi connectivity index (χ3n) is 6.28. The summed E-state index contributed by atoms with van der Waals surface area (Å²) >= 11 is 6.29. The number of methoxy groups -OCH3 is 1. The molecule has 1 aromatic carbocycles. The van der Waals surface area contributed by atoms with E-state index in [2.05, 4.69) is 15.1 Å². The van der Waals surface area contributed by atoms with Gasteiger partial charge < -0.3 is 24.7 Å². The number of aromatic nitrogens is 2. The second-order valence-corrected chi connectivity index (χ2v) is 9.08. The molecule has 0 spiro atoms. The third-order valence-corrected chi connectivity index (χ3v) is 6.58. The van der Waals surface area contributed by atoms with Crippen LogP contribution in [0.15, 0.2) is 36.4 Å². The predicted molar refractivity (Wildman–Crippen MR) is 136 cm³/mol. The summed E-state index contributed by atoms with van der Waals surface area (Å²) in [7, 11) is 3.27. The normalized spacial score (nSPS) is 14.7. The van der Waals surface area contributed by atoms with Crippen molar-refractivity contribution in [1.29, 1.82) is 0 Å². The Morgan fingerprint density at radius 2 is 2.00 bits per heavy atom. The summed E-state index contributed by atoms with van der Waals surface area (Å²) in [6.45, 7) is 8.57. The van der Waals surface area contributed by atoms with Crippen LogP contribution in [0.25, 0.3) is 4.85 Å². The molecule has 2 aliphatic heterocycles. The van der Waals surface area contributed by atoms with Crippen LogP contribution in [0, 0.1) is 6.57 Å². The molecule has 0 bridgehead atoms. The maximum absolute atomic E-state index is 12.9. The van der Waals surface area contributed by atoms with Crippen molar-refractivity contribution in [2.75, 3.05) is 30.9 Å². The number of nitrogens with one attached hydrogen (secondary N) is 1. The number of fused-ring (bicyclic) bond motifs is 1. The van der Waals surface area contributed by atoms with Gasteiger partial charge in [-0.15, -0.1) is 4.98 Å². The van der Waals surface area contributed by atoms with Gasteiger partial charge in [0.15, 0.2) is 5.75 Å². The van der Waals surface area contributed by atoms with E-state index in [4.69, 9.17) is 27.9 Å². The van der Waals surface area contributed by atoms with Crippen LogP contribution in [0.1, 0.15) is 40.3 Å². The Morgan fingerprint density at radius 1 is 1.17 bits per heavy atom. The number of rotatable bonds is 6. The van der Waals surface area contributed by atoms with Crippen LogP contribution < -0.4 is 15.0 Å². The lowest BCUT2D eigenvalue weighted by Gasteiger charge is -2.17. The molecule has 182 valence electrons. The van der Waals surface area contributed by atoms with Gasteiger partial charge in [-0.05, 0) is 36.8 Å². The summed E-state index contributed by atoms with van der Waals surface area (Å²) in [5.41, 5.74) is 4.26. The maximum Gasteiger partial charge on any atom is 0.293 e. The van der Waals surface area contributed by atoms with Crippen molar-refractivity contribution in [3.63, 3.8) is 0 Å². The summed E-state index contributed by atoms with van der Waals surface area (Å²) in [6.07, 6.45) is 1.61. The molecule has 0 atom stereocenters. The van der Waals surface area contributed by atoms with Gasteiger partial charge in [-0.2, -0.15) is 0 Å². The number of pyridine rings is 2. The lowest BCUT2D eigenvalue weighted by molar-refractivity contribution is -0.117. The van der Waals surface area contributed by atoms with Crippen LogP contribution in [-0.2, 0) is 17.8 Å². The number of amides is 2. The average Bonchev–Trinajstić information content (AvgIpc) is 3.41. The fourth-order valence-electron chi connectivity index (χ4n) is 4.61. The van der Waals surface area contributed by atoms with E-state index in [9.17, 15) is 9.59 Å². The molecular formula is C26H23ClN6O3. The van der Waals surface area contributed by atoms with Crippen molar-refractivity contribution in [2.45, 2.75) is 25.8 Å². The quantitative estimate of drug-likeness (QED) is 0.490. The monoisotopic (exact) mass is 502 g/mol. The molecule has 2 aliphatic rings. The molecule has 0 unspecified atom stereocenters. The smallest absolute Gasteiger partial charge is 0.293 e. The third kappa shape index (κ3) is 4.20. The Balaban J connectivity index is 1.51. The molecule has 4 heterocycles. The number of carbonyl (C=O) groups is 2. The minimum atomic E-state index is -0.124. The first kappa shape index (κ1) is 23.6. The Hall–Kier alpha value is -4.16. The zero-order valence-electron chi connectivity index (χ0n) is 19.8. The number of benzene rings is 1. The molecule has 3 aromatic rings. The molecule has 0 radical (unpaired) electrons. The SMILES string of the molecule is [C-]#[N+]c1nc(Cc2cc(Nc3cccc(Cl)c3OC)c3c(n2)CN(C)C3=O)ccc1N1CCCC1=O. The highest BCUT2D eigenvalue weighted by molar-refractivity contribution is 6.32. The van der Waals surface area contributed by atoms with Gasteiger partial charge in [0.1, 0.15) is 5.69 Å². The van der Waals surface area contributed by atoms with Crippen LogP contribution in [0.5, 0.6) is 5.75 Å². The first-order chi connectivity index (χ1) is 17.4. The van der Waals surface area contributed by atoms with E-state index in [1.807, 2.05) is 18.2 Å². The van der Waals surface area contributed by atoms with Crippen molar-refractivity contribution in [3.8, 4) is 5.75 Å². The summed E-state index contributed by atoms with van der Waals surface area (Å²) in [6, 6.07) is 10.8. The van der Waals surface area contributed by atoms with Crippen LogP contribution in [0.4, 0.5) is 22.9 Å². The Bertz CT molecular complexity index is 1430. The lowest BCUT2D eigenvalue weighted by atomic mass is 10.1. The van der Waals surface area contributed by atoms with Crippen molar-refractivity contribution in [2.24, 2.45) is 0 Å². The number of halogens is 1. The van der Waals surface area contributed by atoms with E-state index >= 15 is 0 Å². The van der Waals surface area contributed by atoms with Gasteiger partial charge in [-0.3, -0.25) is 14.6 Å². The highest BCUT2D eigenvalue weighted by Gasteiger charge is 2.31. The van der Waals surface area contributed by atoms with E-state index in [0.717, 1.165) is 6.42 Å². The molecule has 2 amide bonds. The number of nitrogens with zero attached hydrogens (tertiary/aromatic N) is 5. The molecule has 1 N–H and O–H groups in total. The highest BCUT2D eigenvalue weighted by atomic mass is 35.5. The minimum absolute atomic E-state index is 0.00989. The van der Waals surface area contributed by atoms with Crippen LogP contribution in [0.3, 0.4) is 0 Å². The predicted octanol–water partition coefficient (Wildman–Crippen LogP) is 4.74. The molecule has 0 aliphatic carbocycles. The molecule has 36 heavy (non-hydrogen) atoms. The Kier molecular flexibility index (Phi) is 6.20. The van der Waals surface area contributed by atoms with Crippen LogP contribution in [0.2, 0.25) is 5.02 Å². The summed E-state index contributed by atoms with van der Waals surface area (Å²) in [5, 5.41) is 3.75.